The van der Waals surface area contributed by atoms with Crippen LogP contribution in [0, 0.1) is 11.7 Å². The fraction of sp³-hybridized carbons (Fsp3) is 0.375. The lowest BCUT2D eigenvalue weighted by molar-refractivity contribution is -0.123. The lowest BCUT2D eigenvalue weighted by atomic mass is 9.93. The molecule has 9 heteroatoms. The molecule has 1 saturated heterocycles. The molecular formula is C32H33FN6O2. The number of anilines is 1. The van der Waals surface area contributed by atoms with E-state index >= 15 is 4.39 Å². The van der Waals surface area contributed by atoms with E-state index in [1.54, 1.807) is 23.7 Å². The van der Waals surface area contributed by atoms with Crippen LogP contribution < -0.4 is 10.2 Å². The van der Waals surface area contributed by atoms with Crippen LogP contribution in [0.2, 0.25) is 0 Å². The molecule has 2 aliphatic heterocycles. The van der Waals surface area contributed by atoms with Crippen LogP contribution in [-0.4, -0.2) is 58.0 Å². The van der Waals surface area contributed by atoms with Gasteiger partial charge in [-0.25, -0.2) is 13.9 Å². The van der Waals surface area contributed by atoms with Crippen molar-refractivity contribution in [3.63, 3.8) is 0 Å². The Labute approximate surface area is 238 Å². The van der Waals surface area contributed by atoms with Gasteiger partial charge in [0.2, 0.25) is 5.91 Å². The Kier molecular flexibility index (Phi) is 6.25. The maximum absolute atomic E-state index is 15.5. The molecule has 3 aliphatic rings. The third-order valence-corrected chi connectivity index (χ3v) is 8.92. The maximum Gasteiger partial charge on any atom is 0.273 e. The van der Waals surface area contributed by atoms with Crippen LogP contribution in [0.15, 0.2) is 54.6 Å². The highest BCUT2D eigenvalue weighted by Crippen LogP contribution is 2.41. The first-order valence-corrected chi connectivity index (χ1v) is 14.5. The van der Waals surface area contributed by atoms with Crippen molar-refractivity contribution in [1.29, 1.82) is 0 Å². The number of rotatable bonds is 5. The Morgan fingerprint density at radius 3 is 2.63 bits per heavy atom. The molecule has 41 heavy (non-hydrogen) atoms. The van der Waals surface area contributed by atoms with Crippen LogP contribution in [0.5, 0.6) is 0 Å². The van der Waals surface area contributed by atoms with Gasteiger partial charge in [0.05, 0.1) is 17.7 Å². The zero-order valence-corrected chi connectivity index (χ0v) is 23.3. The molecule has 2 aromatic carbocycles. The number of benzene rings is 2. The predicted octanol–water partition coefficient (Wildman–Crippen LogP) is 4.74. The van der Waals surface area contributed by atoms with Crippen LogP contribution >= 0.6 is 0 Å². The van der Waals surface area contributed by atoms with Crippen molar-refractivity contribution in [3.8, 4) is 11.3 Å². The standard InChI is InChI=1S/C32H33FN6O2/c1-19-24-6-4-3-5-20(24)12-14-38(19)32(41)28-16-29(21-7-8-21)39-30(35-28)17-27(36-39)25-10-9-23(15-26(25)33)37-13-11-22(18-37)31(40)34-2/h3-6,9-10,15-17,19,21-22H,7-8,11-14,18H2,1-2H3,(H,34,40)/t19-,22?/m1/s1. The molecule has 1 unspecified atom stereocenters. The number of aromatic nitrogens is 3. The monoisotopic (exact) mass is 552 g/mol. The molecule has 0 bridgehead atoms. The summed E-state index contributed by atoms with van der Waals surface area (Å²) < 4.78 is 17.3. The number of hydrogen-bond donors (Lipinski definition) is 1. The quantitative estimate of drug-likeness (QED) is 0.387. The fourth-order valence-electron chi connectivity index (χ4n) is 6.43. The van der Waals surface area contributed by atoms with Crippen LogP contribution in [-0.2, 0) is 11.2 Å². The minimum absolute atomic E-state index is 0.0191. The second-order valence-electron chi connectivity index (χ2n) is 11.5. The second-order valence-corrected chi connectivity index (χ2v) is 11.5. The number of amides is 2. The van der Waals surface area contributed by atoms with E-state index in [0.29, 0.717) is 48.2 Å². The topological polar surface area (TPSA) is 82.8 Å². The molecule has 0 spiro atoms. The number of carbonyl (C=O) groups excluding carboxylic acids is 2. The highest BCUT2D eigenvalue weighted by atomic mass is 19.1. The maximum atomic E-state index is 15.5. The summed E-state index contributed by atoms with van der Waals surface area (Å²) in [7, 11) is 1.64. The summed E-state index contributed by atoms with van der Waals surface area (Å²) in [4.78, 5) is 34.5. The molecule has 2 fully saturated rings. The Hall–Kier alpha value is -4.27. The smallest absolute Gasteiger partial charge is 0.273 e. The van der Waals surface area contributed by atoms with Crippen LogP contribution in [0.3, 0.4) is 0 Å². The van der Waals surface area contributed by atoms with Crippen molar-refractivity contribution >= 4 is 23.1 Å². The van der Waals surface area contributed by atoms with Gasteiger partial charge in [-0.3, -0.25) is 9.59 Å². The minimum atomic E-state index is -0.376. The number of fused-ring (bicyclic) bond motifs is 2. The molecule has 4 heterocycles. The molecule has 210 valence electrons. The molecule has 2 amide bonds. The normalized spacial score (nSPS) is 20.4. The van der Waals surface area contributed by atoms with Gasteiger partial charge in [-0.2, -0.15) is 5.10 Å². The van der Waals surface area contributed by atoms with Crippen molar-refractivity contribution < 1.29 is 14.0 Å². The largest absolute Gasteiger partial charge is 0.371 e. The van der Waals surface area contributed by atoms with Crippen LogP contribution in [0.4, 0.5) is 10.1 Å². The average molecular weight is 553 g/mol. The van der Waals surface area contributed by atoms with E-state index in [0.717, 1.165) is 37.1 Å². The molecule has 8 nitrogen and oxygen atoms in total. The third kappa shape index (κ3) is 4.53. The zero-order chi connectivity index (χ0) is 28.2. The van der Waals surface area contributed by atoms with Gasteiger partial charge in [0.15, 0.2) is 5.65 Å². The Bertz CT molecular complexity index is 1680. The van der Waals surface area contributed by atoms with E-state index in [4.69, 9.17) is 10.1 Å². The lowest BCUT2D eigenvalue weighted by Gasteiger charge is -2.35. The first-order chi connectivity index (χ1) is 19.9. The van der Waals surface area contributed by atoms with E-state index in [9.17, 15) is 9.59 Å². The summed E-state index contributed by atoms with van der Waals surface area (Å²) in [6.45, 7) is 3.99. The minimum Gasteiger partial charge on any atom is -0.371 e. The number of carbonyl (C=O) groups is 2. The molecule has 2 atom stereocenters. The summed E-state index contributed by atoms with van der Waals surface area (Å²) in [5.74, 6) is -0.219. The van der Waals surface area contributed by atoms with E-state index in [-0.39, 0.29) is 29.6 Å². The molecule has 2 aromatic heterocycles. The zero-order valence-electron chi connectivity index (χ0n) is 23.3. The first-order valence-electron chi connectivity index (χ1n) is 14.5. The Balaban J connectivity index is 1.19. The lowest BCUT2D eigenvalue weighted by Crippen LogP contribution is -2.39. The number of nitrogens with one attached hydrogen (secondary N) is 1. The molecule has 1 saturated carbocycles. The Morgan fingerprint density at radius 1 is 1.02 bits per heavy atom. The summed E-state index contributed by atoms with van der Waals surface area (Å²) >= 11 is 0. The highest BCUT2D eigenvalue weighted by Gasteiger charge is 2.33. The second kappa shape index (κ2) is 9.98. The molecule has 0 radical (unpaired) electrons. The van der Waals surface area contributed by atoms with E-state index in [1.165, 1.54) is 17.2 Å². The average Bonchev–Trinajstić information content (AvgIpc) is 3.55. The third-order valence-electron chi connectivity index (χ3n) is 8.92. The summed E-state index contributed by atoms with van der Waals surface area (Å²) in [6, 6.07) is 17.1. The van der Waals surface area contributed by atoms with Gasteiger partial charge in [-0.05, 0) is 68.0 Å². The van der Waals surface area contributed by atoms with Gasteiger partial charge in [0.1, 0.15) is 11.5 Å². The van der Waals surface area contributed by atoms with E-state index in [1.807, 2.05) is 34.1 Å². The molecule has 1 aliphatic carbocycles. The number of hydrogen-bond acceptors (Lipinski definition) is 5. The Morgan fingerprint density at radius 2 is 1.85 bits per heavy atom. The highest BCUT2D eigenvalue weighted by molar-refractivity contribution is 5.93. The van der Waals surface area contributed by atoms with Gasteiger partial charge < -0.3 is 15.1 Å². The molecular weight excluding hydrogens is 519 g/mol. The molecule has 4 aromatic rings. The van der Waals surface area contributed by atoms with E-state index in [2.05, 4.69) is 24.4 Å². The van der Waals surface area contributed by atoms with Gasteiger partial charge in [0, 0.05) is 55.6 Å². The van der Waals surface area contributed by atoms with Crippen molar-refractivity contribution in [2.75, 3.05) is 31.6 Å². The fourth-order valence-corrected chi connectivity index (χ4v) is 6.43. The first kappa shape index (κ1) is 25.7. The summed E-state index contributed by atoms with van der Waals surface area (Å²) in [5.41, 5.74) is 6.00. The van der Waals surface area contributed by atoms with Gasteiger partial charge in [-0.1, -0.05) is 24.3 Å². The van der Waals surface area contributed by atoms with Crippen LogP contribution in [0.1, 0.15) is 65.5 Å². The van der Waals surface area contributed by atoms with Gasteiger partial charge >= 0.3 is 0 Å². The van der Waals surface area contributed by atoms with Gasteiger partial charge in [0.25, 0.3) is 5.91 Å². The predicted molar refractivity (Wildman–Crippen MR) is 154 cm³/mol. The summed E-state index contributed by atoms with van der Waals surface area (Å²) in [5, 5.41) is 7.46. The number of nitrogens with zero attached hydrogens (tertiary/aromatic N) is 5. The van der Waals surface area contributed by atoms with Crippen molar-refractivity contribution in [2.45, 2.75) is 44.6 Å². The summed E-state index contributed by atoms with van der Waals surface area (Å²) in [6.07, 6.45) is 3.63. The van der Waals surface area contributed by atoms with Crippen molar-refractivity contribution in [3.05, 3.63) is 82.9 Å². The van der Waals surface area contributed by atoms with Gasteiger partial charge in [-0.15, -0.1) is 0 Å². The van der Waals surface area contributed by atoms with E-state index < -0.39 is 0 Å². The molecule has 7 rings (SSSR count). The number of halogens is 1. The van der Waals surface area contributed by atoms with Crippen molar-refractivity contribution in [1.82, 2.24) is 24.8 Å². The van der Waals surface area contributed by atoms with Crippen molar-refractivity contribution in [2.24, 2.45) is 5.92 Å². The molecule has 1 N–H and O–H groups in total. The SMILES string of the molecule is CNC(=O)C1CCN(c2ccc(-c3cc4nc(C(=O)N5CCc6ccccc6[C@H]5C)cc(C5CC5)n4n3)c(F)c2)C1. The van der Waals surface area contributed by atoms with Crippen LogP contribution in [0.25, 0.3) is 16.9 Å².